The summed E-state index contributed by atoms with van der Waals surface area (Å²) < 4.78 is 0. The van der Waals surface area contributed by atoms with Crippen LogP contribution in [0.25, 0.3) is 0 Å². The molecule has 110 valence electrons. The van der Waals surface area contributed by atoms with Gasteiger partial charge in [-0.05, 0) is 42.9 Å². The van der Waals surface area contributed by atoms with Crippen molar-refractivity contribution in [2.24, 2.45) is 29.6 Å². The number of nitrogens with zero attached hydrogens (tertiary/aromatic N) is 1. The van der Waals surface area contributed by atoms with E-state index in [9.17, 15) is 14.9 Å². The van der Waals surface area contributed by atoms with Gasteiger partial charge in [-0.15, -0.1) is 0 Å². The number of nitro groups is 1. The first-order chi connectivity index (χ1) is 9.66. The molecule has 0 aromatic carbocycles. The van der Waals surface area contributed by atoms with Crippen LogP contribution in [-0.4, -0.2) is 22.9 Å². The highest BCUT2D eigenvalue weighted by molar-refractivity contribution is 5.79. The number of carbonyl (C=O) groups excluding carboxylic acids is 1. The molecule has 0 aromatic heterocycles. The van der Waals surface area contributed by atoms with Crippen LogP contribution in [0.5, 0.6) is 0 Å². The minimum absolute atomic E-state index is 0.100. The molecule has 7 atom stereocenters. The summed E-state index contributed by atoms with van der Waals surface area (Å²) in [6.07, 6.45) is 5.70. The first-order valence-electron chi connectivity index (χ1n) is 7.85. The van der Waals surface area contributed by atoms with Crippen LogP contribution in [0.4, 0.5) is 0 Å². The van der Waals surface area contributed by atoms with Crippen molar-refractivity contribution in [3.05, 3.63) is 10.1 Å². The van der Waals surface area contributed by atoms with Crippen LogP contribution < -0.4 is 10.9 Å². The summed E-state index contributed by atoms with van der Waals surface area (Å²) in [7, 11) is 0. The molecule has 20 heavy (non-hydrogen) atoms. The predicted octanol–water partition coefficient (Wildman–Crippen LogP) is 1.10. The number of hydrazine groups is 1. The number of carbonyl (C=O) groups is 1. The van der Waals surface area contributed by atoms with Crippen molar-refractivity contribution in [1.29, 1.82) is 0 Å². The molecule has 0 radical (unpaired) electrons. The lowest BCUT2D eigenvalue weighted by molar-refractivity contribution is -0.528. The van der Waals surface area contributed by atoms with Gasteiger partial charge in [-0.25, -0.2) is 5.43 Å². The average molecular weight is 279 g/mol. The minimum atomic E-state index is -0.380. The van der Waals surface area contributed by atoms with Crippen LogP contribution in [0.3, 0.4) is 0 Å². The zero-order chi connectivity index (χ0) is 13.9. The van der Waals surface area contributed by atoms with Crippen LogP contribution >= 0.6 is 0 Å². The normalized spacial score (nSPS) is 50.0. The highest BCUT2D eigenvalue weighted by Crippen LogP contribution is 2.56. The lowest BCUT2D eigenvalue weighted by Crippen LogP contribution is -2.60. The van der Waals surface area contributed by atoms with Crippen molar-refractivity contribution in [2.45, 2.75) is 50.6 Å². The zero-order valence-corrected chi connectivity index (χ0v) is 11.5. The maximum atomic E-state index is 12.0. The van der Waals surface area contributed by atoms with E-state index >= 15 is 0 Å². The summed E-state index contributed by atoms with van der Waals surface area (Å²) in [6.45, 7) is 0. The first kappa shape index (κ1) is 12.6. The van der Waals surface area contributed by atoms with Crippen molar-refractivity contribution >= 4 is 5.91 Å². The van der Waals surface area contributed by atoms with E-state index in [0.717, 1.165) is 25.7 Å². The van der Waals surface area contributed by atoms with E-state index in [4.69, 9.17) is 0 Å². The molecule has 0 spiro atoms. The van der Waals surface area contributed by atoms with Gasteiger partial charge in [0.25, 0.3) is 0 Å². The van der Waals surface area contributed by atoms with Gasteiger partial charge in [0.15, 0.2) is 0 Å². The van der Waals surface area contributed by atoms with E-state index in [1.54, 1.807) is 0 Å². The zero-order valence-electron chi connectivity index (χ0n) is 11.5. The number of fused-ring (bicyclic) bond motifs is 3. The molecule has 0 bridgehead atoms. The minimum Gasteiger partial charge on any atom is -0.291 e. The Morgan fingerprint density at radius 3 is 2.75 bits per heavy atom. The van der Waals surface area contributed by atoms with Gasteiger partial charge in [0, 0.05) is 29.7 Å². The quantitative estimate of drug-likeness (QED) is 0.556. The van der Waals surface area contributed by atoms with E-state index in [1.165, 1.54) is 6.42 Å². The number of amides is 1. The number of rotatable bonds is 1. The van der Waals surface area contributed by atoms with Crippen LogP contribution in [0.1, 0.15) is 38.5 Å². The maximum absolute atomic E-state index is 12.0. The Morgan fingerprint density at radius 2 is 1.95 bits per heavy atom. The van der Waals surface area contributed by atoms with E-state index < -0.39 is 0 Å². The Kier molecular flexibility index (Phi) is 2.77. The lowest BCUT2D eigenvalue weighted by atomic mass is 9.68. The van der Waals surface area contributed by atoms with E-state index in [0.29, 0.717) is 30.1 Å². The van der Waals surface area contributed by atoms with Crippen molar-refractivity contribution in [3.8, 4) is 0 Å². The largest absolute Gasteiger partial charge is 0.291 e. The van der Waals surface area contributed by atoms with Gasteiger partial charge < -0.3 is 0 Å². The second kappa shape index (κ2) is 4.41. The molecule has 4 aliphatic rings. The smallest absolute Gasteiger partial charge is 0.237 e. The fraction of sp³-hybridized carbons (Fsp3) is 0.929. The highest BCUT2D eigenvalue weighted by Gasteiger charge is 2.59. The second-order valence-electron chi connectivity index (χ2n) is 7.02. The van der Waals surface area contributed by atoms with Crippen LogP contribution in [-0.2, 0) is 4.79 Å². The third kappa shape index (κ3) is 1.63. The monoisotopic (exact) mass is 279 g/mol. The van der Waals surface area contributed by atoms with E-state index in [-0.39, 0.29) is 28.8 Å². The molecular weight excluding hydrogens is 258 g/mol. The number of hydrogen-bond donors (Lipinski definition) is 2. The van der Waals surface area contributed by atoms with Crippen molar-refractivity contribution < 1.29 is 9.72 Å². The summed E-state index contributed by atoms with van der Waals surface area (Å²) in [5.41, 5.74) is 6.02. The molecule has 4 rings (SSSR count). The summed E-state index contributed by atoms with van der Waals surface area (Å²) in [6, 6.07) is -0.120. The van der Waals surface area contributed by atoms with Gasteiger partial charge in [-0.3, -0.25) is 20.3 Å². The number of nitrogens with one attached hydrogen (secondary N) is 2. The first-order valence-corrected chi connectivity index (χ1v) is 7.85. The molecule has 4 fully saturated rings. The number of hydrogen-bond acceptors (Lipinski definition) is 4. The Balaban J connectivity index is 1.64. The topological polar surface area (TPSA) is 84.3 Å². The molecule has 2 N–H and O–H groups in total. The van der Waals surface area contributed by atoms with Gasteiger partial charge in [0.1, 0.15) is 0 Å². The molecule has 6 nitrogen and oxygen atoms in total. The average Bonchev–Trinajstić information content (AvgIpc) is 2.78. The van der Waals surface area contributed by atoms with E-state index in [1.807, 2.05) is 0 Å². The fourth-order valence-electron chi connectivity index (χ4n) is 5.66. The summed E-state index contributed by atoms with van der Waals surface area (Å²) in [5.74, 6) is 2.26. The molecule has 1 aliphatic heterocycles. The Hall–Kier alpha value is -1.17. The third-order valence-corrected chi connectivity index (χ3v) is 6.36. The Morgan fingerprint density at radius 1 is 1.10 bits per heavy atom. The van der Waals surface area contributed by atoms with Crippen LogP contribution in [0.15, 0.2) is 0 Å². The van der Waals surface area contributed by atoms with Crippen molar-refractivity contribution in [3.63, 3.8) is 0 Å². The van der Waals surface area contributed by atoms with Gasteiger partial charge in [-0.2, -0.15) is 0 Å². The molecular formula is C14H21N3O3. The van der Waals surface area contributed by atoms with E-state index in [2.05, 4.69) is 10.9 Å². The summed E-state index contributed by atoms with van der Waals surface area (Å²) in [5, 5.41) is 11.1. The van der Waals surface area contributed by atoms with Crippen molar-refractivity contribution in [2.75, 3.05) is 0 Å². The Labute approximate surface area is 117 Å². The molecule has 1 heterocycles. The van der Waals surface area contributed by atoms with Gasteiger partial charge in [0.2, 0.25) is 11.9 Å². The fourth-order valence-corrected chi connectivity index (χ4v) is 5.66. The second-order valence-corrected chi connectivity index (χ2v) is 7.02. The highest BCUT2D eigenvalue weighted by atomic mass is 16.6. The lowest BCUT2D eigenvalue weighted by Gasteiger charge is -2.41. The SMILES string of the molecule is O=C1NNC2C3CC([N+](=O)[O-])CCC3C3CCCC1C32. The summed E-state index contributed by atoms with van der Waals surface area (Å²) >= 11 is 0. The van der Waals surface area contributed by atoms with Crippen LogP contribution in [0, 0.1) is 39.7 Å². The van der Waals surface area contributed by atoms with Crippen LogP contribution in [0.2, 0.25) is 0 Å². The molecule has 3 saturated carbocycles. The predicted molar refractivity (Wildman–Crippen MR) is 71.0 cm³/mol. The molecule has 1 amide bonds. The molecule has 7 unspecified atom stereocenters. The van der Waals surface area contributed by atoms with Gasteiger partial charge in [-0.1, -0.05) is 6.42 Å². The van der Waals surface area contributed by atoms with Crippen molar-refractivity contribution in [1.82, 2.24) is 10.9 Å². The molecule has 0 aromatic rings. The summed E-state index contributed by atoms with van der Waals surface area (Å²) in [4.78, 5) is 23.0. The molecule has 6 heteroatoms. The van der Waals surface area contributed by atoms with Gasteiger partial charge >= 0.3 is 0 Å². The molecule has 3 aliphatic carbocycles. The molecule has 1 saturated heterocycles. The Bertz CT molecular complexity index is 455. The maximum Gasteiger partial charge on any atom is 0.237 e. The van der Waals surface area contributed by atoms with Gasteiger partial charge in [0.05, 0.1) is 0 Å². The third-order valence-electron chi connectivity index (χ3n) is 6.36. The standard InChI is InChI=1S/C14H21N3O3/c18-14-10-3-1-2-9-8-5-4-7(17(19)20)6-11(8)13(12(9)10)15-16-14/h7-13,15H,1-6H2,(H,16,18).